The second-order valence-corrected chi connectivity index (χ2v) is 4.20. The predicted molar refractivity (Wildman–Crippen MR) is 64.3 cm³/mol. The fourth-order valence-corrected chi connectivity index (χ4v) is 1.77. The summed E-state index contributed by atoms with van der Waals surface area (Å²) in [7, 11) is 0. The van der Waals surface area contributed by atoms with Crippen LogP contribution in [-0.2, 0) is 16.0 Å². The van der Waals surface area contributed by atoms with Gasteiger partial charge in [0, 0.05) is 13.0 Å². The molecule has 0 saturated carbocycles. The number of hydrogen-bond donors (Lipinski definition) is 2. The molecule has 4 nitrogen and oxygen atoms in total. The van der Waals surface area contributed by atoms with Crippen LogP contribution >= 0.6 is 0 Å². The van der Waals surface area contributed by atoms with E-state index in [0.717, 1.165) is 12.8 Å². The second kappa shape index (κ2) is 5.48. The van der Waals surface area contributed by atoms with Crippen molar-refractivity contribution in [2.45, 2.75) is 25.3 Å². The maximum atomic E-state index is 11.5. The minimum absolute atomic E-state index is 0.0409. The van der Waals surface area contributed by atoms with Crippen molar-refractivity contribution in [2.24, 2.45) is 0 Å². The van der Waals surface area contributed by atoms with Gasteiger partial charge in [-0.2, -0.15) is 0 Å². The van der Waals surface area contributed by atoms with Crippen molar-refractivity contribution >= 4 is 11.8 Å². The standard InChI is InChI=1S/C13H16N2O2/c16-12(15-11-9-14-13(11)17)8-4-7-10-5-2-1-3-6-10/h1-3,5-6,11H,4,7-9H2,(H,14,17)(H,15,16)/t11-/m0/s1. The van der Waals surface area contributed by atoms with E-state index >= 15 is 0 Å². The summed E-state index contributed by atoms with van der Waals surface area (Å²) >= 11 is 0. The Hall–Kier alpha value is -1.84. The fourth-order valence-electron chi connectivity index (χ4n) is 1.77. The van der Waals surface area contributed by atoms with E-state index in [1.54, 1.807) is 0 Å². The lowest BCUT2D eigenvalue weighted by Crippen LogP contribution is -2.61. The molecule has 1 atom stereocenters. The maximum Gasteiger partial charge on any atom is 0.244 e. The molecule has 1 heterocycles. The first kappa shape index (κ1) is 11.6. The third-order valence-electron chi connectivity index (χ3n) is 2.84. The molecule has 2 amide bonds. The Balaban J connectivity index is 1.65. The molecule has 1 aromatic rings. The zero-order valence-electron chi connectivity index (χ0n) is 9.61. The van der Waals surface area contributed by atoms with Crippen molar-refractivity contribution < 1.29 is 9.59 Å². The summed E-state index contributed by atoms with van der Waals surface area (Å²) in [4.78, 5) is 22.4. The van der Waals surface area contributed by atoms with E-state index in [1.165, 1.54) is 5.56 Å². The first-order chi connectivity index (χ1) is 8.25. The van der Waals surface area contributed by atoms with Crippen molar-refractivity contribution in [1.29, 1.82) is 0 Å². The molecule has 2 rings (SSSR count). The van der Waals surface area contributed by atoms with Gasteiger partial charge in [0.1, 0.15) is 6.04 Å². The van der Waals surface area contributed by atoms with Crippen LogP contribution in [0, 0.1) is 0 Å². The van der Waals surface area contributed by atoms with Gasteiger partial charge >= 0.3 is 0 Å². The number of hydrogen-bond acceptors (Lipinski definition) is 2. The number of rotatable bonds is 5. The van der Waals surface area contributed by atoms with Crippen LogP contribution in [0.25, 0.3) is 0 Å². The minimum atomic E-state index is -0.306. The Morgan fingerprint density at radius 3 is 2.71 bits per heavy atom. The van der Waals surface area contributed by atoms with E-state index in [-0.39, 0.29) is 17.9 Å². The summed E-state index contributed by atoms with van der Waals surface area (Å²) in [5.41, 5.74) is 1.24. The van der Waals surface area contributed by atoms with Gasteiger partial charge in [0.15, 0.2) is 0 Å². The topological polar surface area (TPSA) is 58.2 Å². The normalized spacial score (nSPS) is 18.1. The van der Waals surface area contributed by atoms with Crippen LogP contribution < -0.4 is 10.6 Å². The molecule has 1 aliphatic rings. The van der Waals surface area contributed by atoms with E-state index in [9.17, 15) is 9.59 Å². The number of nitrogens with one attached hydrogen (secondary N) is 2. The molecule has 0 radical (unpaired) electrons. The summed E-state index contributed by atoms with van der Waals surface area (Å²) in [5, 5.41) is 5.29. The SMILES string of the molecule is O=C(CCCc1ccccc1)N[C@H]1CNC1=O. The lowest BCUT2D eigenvalue weighted by Gasteiger charge is -2.26. The van der Waals surface area contributed by atoms with Crippen LogP contribution in [0.5, 0.6) is 0 Å². The molecule has 1 fully saturated rings. The first-order valence-electron chi connectivity index (χ1n) is 5.87. The minimum Gasteiger partial charge on any atom is -0.352 e. The molecule has 90 valence electrons. The van der Waals surface area contributed by atoms with Gasteiger partial charge in [-0.25, -0.2) is 0 Å². The summed E-state index contributed by atoms with van der Waals surface area (Å²) in [6.45, 7) is 0.559. The average molecular weight is 232 g/mol. The summed E-state index contributed by atoms with van der Waals surface area (Å²) in [5.74, 6) is -0.123. The summed E-state index contributed by atoms with van der Waals surface area (Å²) in [6.07, 6.45) is 2.17. The van der Waals surface area contributed by atoms with E-state index in [0.29, 0.717) is 13.0 Å². The van der Waals surface area contributed by atoms with Crippen LogP contribution in [0.2, 0.25) is 0 Å². The summed E-state index contributed by atoms with van der Waals surface area (Å²) in [6, 6.07) is 9.77. The Morgan fingerprint density at radius 1 is 1.35 bits per heavy atom. The quantitative estimate of drug-likeness (QED) is 0.731. The van der Waals surface area contributed by atoms with Gasteiger partial charge in [0.05, 0.1) is 0 Å². The third-order valence-corrected chi connectivity index (χ3v) is 2.84. The largest absolute Gasteiger partial charge is 0.352 e. The van der Waals surface area contributed by atoms with Crippen LogP contribution in [-0.4, -0.2) is 24.4 Å². The van der Waals surface area contributed by atoms with Crippen LogP contribution in [0.1, 0.15) is 18.4 Å². The van der Waals surface area contributed by atoms with Crippen LogP contribution in [0.3, 0.4) is 0 Å². The second-order valence-electron chi connectivity index (χ2n) is 4.20. The highest BCUT2D eigenvalue weighted by Crippen LogP contribution is 2.05. The van der Waals surface area contributed by atoms with Crippen molar-refractivity contribution in [3.8, 4) is 0 Å². The Labute approximate surface area is 100 Å². The summed E-state index contributed by atoms with van der Waals surface area (Å²) < 4.78 is 0. The van der Waals surface area contributed by atoms with Crippen molar-refractivity contribution in [2.75, 3.05) is 6.54 Å². The fraction of sp³-hybridized carbons (Fsp3) is 0.385. The lowest BCUT2D eigenvalue weighted by molar-refractivity contribution is -0.133. The molecule has 0 unspecified atom stereocenters. The Bertz CT molecular complexity index is 403. The molecule has 4 heteroatoms. The third kappa shape index (κ3) is 3.31. The van der Waals surface area contributed by atoms with Gasteiger partial charge in [0.2, 0.25) is 11.8 Å². The molecular weight excluding hydrogens is 216 g/mol. The van der Waals surface area contributed by atoms with Crippen molar-refractivity contribution in [3.63, 3.8) is 0 Å². The highest BCUT2D eigenvalue weighted by atomic mass is 16.2. The van der Waals surface area contributed by atoms with E-state index in [2.05, 4.69) is 22.8 Å². The zero-order valence-corrected chi connectivity index (χ0v) is 9.61. The highest BCUT2D eigenvalue weighted by Gasteiger charge is 2.28. The maximum absolute atomic E-state index is 11.5. The molecule has 17 heavy (non-hydrogen) atoms. The number of benzene rings is 1. The number of aryl methyl sites for hydroxylation is 1. The molecule has 0 bridgehead atoms. The average Bonchev–Trinajstić information content (AvgIpc) is 2.35. The van der Waals surface area contributed by atoms with Gasteiger partial charge in [-0.3, -0.25) is 9.59 Å². The van der Waals surface area contributed by atoms with Gasteiger partial charge in [-0.1, -0.05) is 30.3 Å². The molecule has 1 aromatic carbocycles. The lowest BCUT2D eigenvalue weighted by atomic mass is 10.1. The van der Waals surface area contributed by atoms with Gasteiger partial charge in [-0.15, -0.1) is 0 Å². The molecule has 1 saturated heterocycles. The number of carbonyl (C=O) groups excluding carboxylic acids is 2. The van der Waals surface area contributed by atoms with E-state index < -0.39 is 0 Å². The zero-order chi connectivity index (χ0) is 12.1. The molecule has 0 aromatic heterocycles. The molecule has 0 aliphatic carbocycles. The Morgan fingerprint density at radius 2 is 2.12 bits per heavy atom. The molecule has 2 N–H and O–H groups in total. The number of carbonyl (C=O) groups is 2. The Kier molecular flexibility index (Phi) is 3.75. The highest BCUT2D eigenvalue weighted by molar-refractivity contribution is 5.92. The first-order valence-corrected chi connectivity index (χ1v) is 5.87. The smallest absolute Gasteiger partial charge is 0.244 e. The van der Waals surface area contributed by atoms with E-state index in [4.69, 9.17) is 0 Å². The number of amides is 2. The van der Waals surface area contributed by atoms with Crippen molar-refractivity contribution in [1.82, 2.24) is 10.6 Å². The molecule has 1 aliphatic heterocycles. The van der Waals surface area contributed by atoms with Crippen LogP contribution in [0.15, 0.2) is 30.3 Å². The molecule has 0 spiro atoms. The van der Waals surface area contributed by atoms with Gasteiger partial charge in [-0.05, 0) is 18.4 Å². The number of β-lactam (4-membered cyclic amide) rings is 1. The van der Waals surface area contributed by atoms with Gasteiger partial charge in [0.25, 0.3) is 0 Å². The monoisotopic (exact) mass is 232 g/mol. The molecular formula is C13H16N2O2. The predicted octanol–water partition coefficient (Wildman–Crippen LogP) is 0.624. The van der Waals surface area contributed by atoms with Crippen molar-refractivity contribution in [3.05, 3.63) is 35.9 Å². The van der Waals surface area contributed by atoms with Gasteiger partial charge < -0.3 is 10.6 Å². The van der Waals surface area contributed by atoms with E-state index in [1.807, 2.05) is 18.2 Å². The van der Waals surface area contributed by atoms with Crippen LogP contribution in [0.4, 0.5) is 0 Å².